The molecule has 0 bridgehead atoms. The Labute approximate surface area is 85.3 Å². The summed E-state index contributed by atoms with van der Waals surface area (Å²) in [5.74, 6) is -0.0136. The number of nitro groups is 1. The Morgan fingerprint density at radius 3 is 2.93 bits per heavy atom. The Bertz CT molecular complexity index is 448. The van der Waals surface area contributed by atoms with Crippen molar-refractivity contribution in [2.75, 3.05) is 0 Å². The van der Waals surface area contributed by atoms with Crippen LogP contribution in [0.5, 0.6) is 5.75 Å². The minimum Gasteiger partial charge on any atom is -0.486 e. The predicted octanol–water partition coefficient (Wildman–Crippen LogP) is 1.40. The van der Waals surface area contributed by atoms with Gasteiger partial charge < -0.3 is 14.9 Å². The molecule has 0 saturated heterocycles. The molecule has 0 atom stereocenters. The van der Waals surface area contributed by atoms with Gasteiger partial charge in [-0.1, -0.05) is 0 Å². The molecule has 1 aromatic heterocycles. The lowest BCUT2D eigenvalue weighted by Gasteiger charge is -2.01. The van der Waals surface area contributed by atoms with Gasteiger partial charge in [-0.3, -0.25) is 0 Å². The van der Waals surface area contributed by atoms with Crippen LogP contribution in [0.3, 0.4) is 0 Å². The summed E-state index contributed by atoms with van der Waals surface area (Å²) in [6.07, 6.45) is 3.43. The summed E-state index contributed by atoms with van der Waals surface area (Å²) in [5.41, 5.74) is -0.0712. The van der Waals surface area contributed by atoms with E-state index in [2.05, 4.69) is 4.98 Å². The summed E-state index contributed by atoms with van der Waals surface area (Å²) in [5, 5.41) is 19.2. The van der Waals surface area contributed by atoms with E-state index in [0.717, 1.165) is 12.8 Å². The molecule has 1 heterocycles. The highest BCUT2D eigenvalue weighted by atomic mass is 16.6. The van der Waals surface area contributed by atoms with E-state index in [1.807, 2.05) is 0 Å². The zero-order valence-corrected chi connectivity index (χ0v) is 7.71. The SMILES string of the molecule is N#Cc1cc(OC2CC2)cnc1[N+](=O)[O-]. The average molecular weight is 205 g/mol. The van der Waals surface area contributed by atoms with E-state index < -0.39 is 10.7 Å². The van der Waals surface area contributed by atoms with Gasteiger partial charge >= 0.3 is 5.82 Å². The quantitative estimate of drug-likeness (QED) is 0.549. The van der Waals surface area contributed by atoms with Crippen molar-refractivity contribution in [3.63, 3.8) is 0 Å². The molecule has 0 aliphatic heterocycles. The fourth-order valence-electron chi connectivity index (χ4n) is 1.11. The lowest BCUT2D eigenvalue weighted by Crippen LogP contribution is -2.00. The first kappa shape index (κ1) is 9.40. The predicted molar refractivity (Wildman–Crippen MR) is 49.3 cm³/mol. The largest absolute Gasteiger partial charge is 0.486 e. The van der Waals surface area contributed by atoms with Gasteiger partial charge in [0.25, 0.3) is 0 Å². The molecule has 0 amide bonds. The highest BCUT2D eigenvalue weighted by molar-refractivity contribution is 5.46. The first-order valence-electron chi connectivity index (χ1n) is 4.42. The standard InChI is InChI=1S/C9H7N3O3/c10-4-6-3-8(15-7-1-2-7)5-11-9(6)12(13)14/h3,5,7H,1-2H2. The van der Waals surface area contributed by atoms with E-state index >= 15 is 0 Å². The first-order valence-corrected chi connectivity index (χ1v) is 4.42. The Morgan fingerprint density at radius 2 is 2.40 bits per heavy atom. The maximum Gasteiger partial charge on any atom is 0.381 e. The van der Waals surface area contributed by atoms with Gasteiger partial charge in [0.05, 0.1) is 6.10 Å². The van der Waals surface area contributed by atoms with Crippen molar-refractivity contribution >= 4 is 5.82 Å². The van der Waals surface area contributed by atoms with Crippen LogP contribution in [0, 0.1) is 21.4 Å². The second-order valence-electron chi connectivity index (χ2n) is 3.23. The summed E-state index contributed by atoms with van der Waals surface area (Å²) < 4.78 is 5.37. The highest BCUT2D eigenvalue weighted by Crippen LogP contribution is 2.28. The lowest BCUT2D eigenvalue weighted by molar-refractivity contribution is -0.389. The van der Waals surface area contributed by atoms with Crippen LogP contribution < -0.4 is 4.74 Å². The Kier molecular flexibility index (Phi) is 2.21. The Balaban J connectivity index is 2.29. The molecular weight excluding hydrogens is 198 g/mol. The Hall–Kier alpha value is -2.16. The van der Waals surface area contributed by atoms with Gasteiger partial charge in [0.2, 0.25) is 0 Å². The minimum atomic E-state index is -0.681. The number of hydrogen-bond donors (Lipinski definition) is 0. The molecule has 0 N–H and O–H groups in total. The van der Waals surface area contributed by atoms with Crippen molar-refractivity contribution in [1.29, 1.82) is 5.26 Å². The molecule has 1 aliphatic rings. The molecule has 1 aromatic rings. The van der Waals surface area contributed by atoms with Crippen molar-refractivity contribution < 1.29 is 9.66 Å². The van der Waals surface area contributed by atoms with E-state index in [0.29, 0.717) is 5.75 Å². The zero-order valence-electron chi connectivity index (χ0n) is 7.71. The van der Waals surface area contributed by atoms with Crippen LogP contribution in [-0.4, -0.2) is 16.0 Å². The fourth-order valence-corrected chi connectivity index (χ4v) is 1.11. The molecule has 2 rings (SSSR count). The van der Waals surface area contributed by atoms with Crippen LogP contribution in [-0.2, 0) is 0 Å². The number of hydrogen-bond acceptors (Lipinski definition) is 5. The number of pyridine rings is 1. The van der Waals surface area contributed by atoms with Crippen LogP contribution >= 0.6 is 0 Å². The third-order valence-corrected chi connectivity index (χ3v) is 1.96. The topological polar surface area (TPSA) is 89.0 Å². The van der Waals surface area contributed by atoms with Crippen molar-refractivity contribution in [3.8, 4) is 11.8 Å². The van der Waals surface area contributed by atoms with Crippen molar-refractivity contribution in [1.82, 2.24) is 4.98 Å². The monoisotopic (exact) mass is 205 g/mol. The summed E-state index contributed by atoms with van der Waals surface area (Å²) in [6, 6.07) is 3.08. The van der Waals surface area contributed by atoms with Gasteiger partial charge in [-0.05, 0) is 22.7 Å². The van der Waals surface area contributed by atoms with E-state index in [1.54, 1.807) is 6.07 Å². The molecule has 1 saturated carbocycles. The fraction of sp³-hybridized carbons (Fsp3) is 0.333. The number of ether oxygens (including phenoxy) is 1. The molecule has 0 radical (unpaired) electrons. The second-order valence-corrected chi connectivity index (χ2v) is 3.23. The van der Waals surface area contributed by atoms with Crippen molar-refractivity contribution in [2.45, 2.75) is 18.9 Å². The second kappa shape index (κ2) is 3.53. The molecule has 1 aliphatic carbocycles. The first-order chi connectivity index (χ1) is 7.20. The molecule has 0 unspecified atom stereocenters. The number of rotatable bonds is 3. The third-order valence-electron chi connectivity index (χ3n) is 1.96. The van der Waals surface area contributed by atoms with Crippen LogP contribution in [0.1, 0.15) is 18.4 Å². The van der Waals surface area contributed by atoms with Gasteiger partial charge in [-0.2, -0.15) is 5.26 Å². The highest BCUT2D eigenvalue weighted by Gasteiger charge is 2.25. The normalized spacial score (nSPS) is 14.3. The lowest BCUT2D eigenvalue weighted by atomic mass is 10.3. The van der Waals surface area contributed by atoms with Crippen molar-refractivity contribution in [2.24, 2.45) is 0 Å². The van der Waals surface area contributed by atoms with Gasteiger partial charge in [0.1, 0.15) is 6.07 Å². The average Bonchev–Trinajstić information content (AvgIpc) is 3.01. The van der Waals surface area contributed by atoms with Gasteiger partial charge in [0, 0.05) is 6.07 Å². The van der Waals surface area contributed by atoms with E-state index in [-0.39, 0.29) is 11.7 Å². The molecular formula is C9H7N3O3. The number of nitriles is 1. The van der Waals surface area contributed by atoms with Gasteiger partial charge in [-0.25, -0.2) is 0 Å². The number of nitrogens with zero attached hydrogens (tertiary/aromatic N) is 3. The van der Waals surface area contributed by atoms with Gasteiger partial charge in [-0.15, -0.1) is 0 Å². The Morgan fingerprint density at radius 1 is 1.67 bits per heavy atom. The zero-order chi connectivity index (χ0) is 10.8. The van der Waals surface area contributed by atoms with E-state index in [9.17, 15) is 10.1 Å². The molecule has 1 fully saturated rings. The number of aromatic nitrogens is 1. The van der Waals surface area contributed by atoms with Crippen molar-refractivity contribution in [3.05, 3.63) is 27.9 Å². The molecule has 6 nitrogen and oxygen atoms in total. The summed E-state index contributed by atoms with van der Waals surface area (Å²) in [6.45, 7) is 0. The maximum atomic E-state index is 10.5. The van der Waals surface area contributed by atoms with Gasteiger partial charge in [0.15, 0.2) is 17.5 Å². The smallest absolute Gasteiger partial charge is 0.381 e. The van der Waals surface area contributed by atoms with Crippen LogP contribution in [0.15, 0.2) is 12.3 Å². The maximum absolute atomic E-state index is 10.5. The molecule has 6 heteroatoms. The molecule has 0 aromatic carbocycles. The van der Waals surface area contributed by atoms with E-state index in [4.69, 9.17) is 10.00 Å². The molecule has 76 valence electrons. The summed E-state index contributed by atoms with van der Waals surface area (Å²) >= 11 is 0. The summed E-state index contributed by atoms with van der Waals surface area (Å²) in [4.78, 5) is 13.4. The van der Waals surface area contributed by atoms with Crippen LogP contribution in [0.2, 0.25) is 0 Å². The molecule has 0 spiro atoms. The third kappa shape index (κ3) is 2.02. The van der Waals surface area contributed by atoms with Crippen LogP contribution in [0.4, 0.5) is 5.82 Å². The van der Waals surface area contributed by atoms with Crippen LogP contribution in [0.25, 0.3) is 0 Å². The minimum absolute atomic E-state index is 0.0712. The summed E-state index contributed by atoms with van der Waals surface area (Å²) in [7, 11) is 0. The molecule has 15 heavy (non-hydrogen) atoms. The van der Waals surface area contributed by atoms with E-state index in [1.165, 1.54) is 12.3 Å².